The van der Waals surface area contributed by atoms with E-state index in [0.29, 0.717) is 43.1 Å². The molecule has 4 heterocycles. The monoisotopic (exact) mass is 349 g/mol. The molecular weight excluding hydrogens is 322 g/mol. The van der Waals surface area contributed by atoms with Crippen LogP contribution in [0.5, 0.6) is 5.75 Å². The molecule has 2 bridgehead atoms. The minimum absolute atomic E-state index is 0.00161. The van der Waals surface area contributed by atoms with Crippen molar-refractivity contribution in [2.45, 2.75) is 39.0 Å². The Morgan fingerprint density at radius 1 is 1.36 bits per heavy atom. The predicted octanol–water partition coefficient (Wildman–Crippen LogP) is 0.657. The number of amides is 1. The van der Waals surface area contributed by atoms with Crippen LogP contribution in [0.4, 0.5) is 0 Å². The van der Waals surface area contributed by atoms with E-state index < -0.39 is 0 Å². The number of nitrogens with zero attached hydrogens (tertiary/aromatic N) is 3. The first kappa shape index (κ1) is 18.1. The number of aryl methyl sites for hydroxylation is 1. The van der Waals surface area contributed by atoms with Gasteiger partial charge in [0.25, 0.3) is 0 Å². The number of aliphatic hydroxyl groups excluding tert-OH is 1. The predicted molar refractivity (Wildman–Crippen MR) is 91.9 cm³/mol. The molecule has 0 aromatic carbocycles. The molecule has 1 aromatic rings. The number of pyridine rings is 1. The second-order valence-corrected chi connectivity index (χ2v) is 7.00. The van der Waals surface area contributed by atoms with Crippen LogP contribution < -0.4 is 0 Å². The van der Waals surface area contributed by atoms with E-state index in [1.165, 1.54) is 0 Å². The molecule has 0 saturated carbocycles. The van der Waals surface area contributed by atoms with E-state index in [1.54, 1.807) is 20.2 Å². The van der Waals surface area contributed by atoms with Crippen LogP contribution in [0.3, 0.4) is 0 Å². The Hall–Kier alpha value is -1.70. The number of carbonyl (C=O) groups excluding carboxylic acids is 1. The van der Waals surface area contributed by atoms with Crippen LogP contribution in [0, 0.1) is 12.8 Å². The molecule has 3 aliphatic rings. The molecule has 2 N–H and O–H groups in total. The van der Waals surface area contributed by atoms with E-state index in [2.05, 4.69) is 9.88 Å². The average Bonchev–Trinajstić information content (AvgIpc) is 2.88. The van der Waals surface area contributed by atoms with Gasteiger partial charge in [-0.1, -0.05) is 0 Å². The maximum atomic E-state index is 12.7. The summed E-state index contributed by atoms with van der Waals surface area (Å²) < 4.78 is 5.15. The highest BCUT2D eigenvalue weighted by Gasteiger charge is 2.40. The zero-order valence-electron chi connectivity index (χ0n) is 14.9. The van der Waals surface area contributed by atoms with Crippen molar-refractivity contribution in [3.63, 3.8) is 0 Å². The topological polar surface area (TPSA) is 86.1 Å². The first-order valence-corrected chi connectivity index (χ1v) is 8.84. The smallest absolute Gasteiger partial charge is 0.227 e. The fraction of sp³-hybridized carbons (Fsp3) is 0.667. The van der Waals surface area contributed by atoms with Gasteiger partial charge in [-0.25, -0.2) is 0 Å². The number of aliphatic hydroxyl groups is 1. The minimum atomic E-state index is -0.157. The molecule has 1 amide bonds. The number of fused-ring (bicyclic) bond motifs is 4. The molecule has 4 rings (SSSR count). The van der Waals surface area contributed by atoms with Gasteiger partial charge in [0, 0.05) is 56.7 Å². The van der Waals surface area contributed by atoms with Gasteiger partial charge in [-0.3, -0.25) is 14.7 Å². The molecule has 25 heavy (non-hydrogen) atoms. The molecule has 0 aliphatic carbocycles. The van der Waals surface area contributed by atoms with E-state index in [1.807, 2.05) is 4.90 Å². The second-order valence-electron chi connectivity index (χ2n) is 7.00. The Bertz CT molecular complexity index is 637. The lowest BCUT2D eigenvalue weighted by Crippen LogP contribution is -2.49. The van der Waals surface area contributed by atoms with Crippen LogP contribution in [-0.2, 0) is 22.7 Å². The highest BCUT2D eigenvalue weighted by Crippen LogP contribution is 2.32. The fourth-order valence-electron chi connectivity index (χ4n) is 3.96. The van der Waals surface area contributed by atoms with Crippen LogP contribution in [0.15, 0.2) is 6.20 Å². The second kappa shape index (κ2) is 7.68. The molecule has 0 radical (unpaired) electrons. The van der Waals surface area contributed by atoms with Crippen LogP contribution in [0.1, 0.15) is 29.7 Å². The number of methoxy groups -OCH3 is 1. The normalized spacial score (nSPS) is 24.0. The van der Waals surface area contributed by atoms with Crippen LogP contribution in [-0.4, -0.2) is 70.3 Å². The summed E-state index contributed by atoms with van der Waals surface area (Å²) >= 11 is 0. The van der Waals surface area contributed by atoms with Gasteiger partial charge in [0.1, 0.15) is 5.75 Å². The van der Waals surface area contributed by atoms with Crippen molar-refractivity contribution >= 4 is 5.91 Å². The van der Waals surface area contributed by atoms with E-state index in [4.69, 9.17) is 4.74 Å². The third-order valence-electron chi connectivity index (χ3n) is 5.39. The third kappa shape index (κ3) is 3.63. The SMILES string of the molecule is COCCN1C(=O)[C@H]2CC[C@@H]1CN(Cc1c(CO)cnc(C)c1O)C2. The summed E-state index contributed by atoms with van der Waals surface area (Å²) in [5.41, 5.74) is 1.91. The number of hydrogen-bond donors (Lipinski definition) is 2. The van der Waals surface area contributed by atoms with Crippen LogP contribution in [0.2, 0.25) is 0 Å². The summed E-state index contributed by atoms with van der Waals surface area (Å²) in [7, 11) is 1.65. The Morgan fingerprint density at radius 3 is 2.88 bits per heavy atom. The quantitative estimate of drug-likeness (QED) is 0.785. The number of rotatable bonds is 6. The Balaban J connectivity index is 1.80. The largest absolute Gasteiger partial charge is 0.506 e. The molecular formula is C18H27N3O4. The molecule has 3 aliphatic heterocycles. The summed E-state index contributed by atoms with van der Waals surface area (Å²) in [4.78, 5) is 21.0. The zero-order valence-corrected chi connectivity index (χ0v) is 14.9. The lowest BCUT2D eigenvalue weighted by molar-refractivity contribution is -0.140. The van der Waals surface area contributed by atoms with Gasteiger partial charge >= 0.3 is 0 Å². The molecule has 2 atom stereocenters. The summed E-state index contributed by atoms with van der Waals surface area (Å²) in [5.74, 6) is 0.359. The summed E-state index contributed by atoms with van der Waals surface area (Å²) in [6.45, 7) is 4.75. The lowest BCUT2D eigenvalue weighted by atomic mass is 9.94. The van der Waals surface area contributed by atoms with E-state index in [-0.39, 0.29) is 30.2 Å². The summed E-state index contributed by atoms with van der Waals surface area (Å²) in [6, 6.07) is 0.184. The maximum Gasteiger partial charge on any atom is 0.227 e. The standard InChI is InChI=1S/C18H27N3O4/c1-12-17(23)16(14(11-22)7-19-12)10-20-8-13-3-4-15(9-20)21(18(13)24)5-6-25-2/h7,13,15,22-23H,3-6,8-11H2,1-2H3/t13-,15+/m0/s1. The van der Waals surface area contributed by atoms with Crippen molar-refractivity contribution in [2.75, 3.05) is 33.4 Å². The third-order valence-corrected chi connectivity index (χ3v) is 5.39. The molecule has 138 valence electrons. The van der Waals surface area contributed by atoms with Crippen molar-refractivity contribution in [1.29, 1.82) is 0 Å². The fourth-order valence-corrected chi connectivity index (χ4v) is 3.96. The summed E-state index contributed by atoms with van der Waals surface area (Å²) in [5, 5.41) is 20.0. The molecule has 7 heteroatoms. The van der Waals surface area contributed by atoms with Gasteiger partial charge in [-0.05, 0) is 19.8 Å². The van der Waals surface area contributed by atoms with Crippen molar-refractivity contribution in [2.24, 2.45) is 5.92 Å². The number of carbonyl (C=O) groups is 1. The van der Waals surface area contributed by atoms with Crippen molar-refractivity contribution in [3.8, 4) is 5.75 Å². The molecule has 3 saturated heterocycles. The number of aromatic hydroxyl groups is 1. The van der Waals surface area contributed by atoms with Crippen molar-refractivity contribution in [3.05, 3.63) is 23.0 Å². The number of aromatic nitrogens is 1. The van der Waals surface area contributed by atoms with Gasteiger partial charge in [0.2, 0.25) is 5.91 Å². The van der Waals surface area contributed by atoms with E-state index >= 15 is 0 Å². The van der Waals surface area contributed by atoms with E-state index in [9.17, 15) is 15.0 Å². The van der Waals surface area contributed by atoms with Gasteiger partial charge < -0.3 is 19.8 Å². The van der Waals surface area contributed by atoms with Crippen molar-refractivity contribution in [1.82, 2.24) is 14.8 Å². The molecule has 0 spiro atoms. The molecule has 0 unspecified atom stereocenters. The van der Waals surface area contributed by atoms with Gasteiger partial charge in [-0.15, -0.1) is 0 Å². The minimum Gasteiger partial charge on any atom is -0.506 e. The van der Waals surface area contributed by atoms with Crippen molar-refractivity contribution < 1.29 is 19.7 Å². The van der Waals surface area contributed by atoms with Crippen LogP contribution in [0.25, 0.3) is 0 Å². The number of ether oxygens (including phenoxy) is 1. The maximum absolute atomic E-state index is 12.7. The first-order valence-electron chi connectivity index (χ1n) is 8.84. The molecule has 1 aromatic heterocycles. The average molecular weight is 349 g/mol. The van der Waals surface area contributed by atoms with Gasteiger partial charge in [0.15, 0.2) is 0 Å². The Kier molecular flexibility index (Phi) is 5.56. The van der Waals surface area contributed by atoms with Crippen LogP contribution >= 0.6 is 0 Å². The lowest BCUT2D eigenvalue weighted by Gasteiger charge is -2.35. The molecule has 3 fully saturated rings. The van der Waals surface area contributed by atoms with Gasteiger partial charge in [-0.2, -0.15) is 0 Å². The van der Waals surface area contributed by atoms with E-state index in [0.717, 1.165) is 19.4 Å². The Labute approximate surface area is 148 Å². The highest BCUT2D eigenvalue weighted by molar-refractivity contribution is 5.80. The Morgan fingerprint density at radius 2 is 2.16 bits per heavy atom. The highest BCUT2D eigenvalue weighted by atomic mass is 16.5. The van der Waals surface area contributed by atoms with Gasteiger partial charge in [0.05, 0.1) is 24.8 Å². The summed E-state index contributed by atoms with van der Waals surface area (Å²) in [6.07, 6.45) is 3.54. The number of hydrogen-bond acceptors (Lipinski definition) is 6. The molecule has 7 nitrogen and oxygen atoms in total. The first-order chi connectivity index (χ1) is 12.0. The number of piperidine rings is 1. The zero-order chi connectivity index (χ0) is 18.0.